The van der Waals surface area contributed by atoms with Crippen molar-refractivity contribution in [1.29, 1.82) is 0 Å². The van der Waals surface area contributed by atoms with Crippen LogP contribution in [0.2, 0.25) is 8.67 Å². The maximum atomic E-state index is 12.4. The summed E-state index contributed by atoms with van der Waals surface area (Å²) in [4.78, 5) is 16.8. The summed E-state index contributed by atoms with van der Waals surface area (Å²) in [5.41, 5.74) is 1.42. The van der Waals surface area contributed by atoms with Crippen molar-refractivity contribution in [1.82, 2.24) is 4.98 Å². The van der Waals surface area contributed by atoms with E-state index in [9.17, 15) is 4.79 Å². The highest BCUT2D eigenvalue weighted by Gasteiger charge is 2.28. The molecule has 3 aromatic rings. The van der Waals surface area contributed by atoms with Gasteiger partial charge in [-0.1, -0.05) is 35.3 Å². The molecule has 0 spiro atoms. The van der Waals surface area contributed by atoms with Crippen molar-refractivity contribution < 1.29 is 14.3 Å². The average Bonchev–Trinajstić information content (AvgIpc) is 3.20. The Kier molecular flexibility index (Phi) is 4.56. The fourth-order valence-electron chi connectivity index (χ4n) is 2.30. The third-order valence-electron chi connectivity index (χ3n) is 3.47. The molecule has 0 fully saturated rings. The van der Waals surface area contributed by atoms with E-state index in [4.69, 9.17) is 32.7 Å². The first-order valence-corrected chi connectivity index (χ1v) is 9.65. The molecule has 1 atom stereocenters. The van der Waals surface area contributed by atoms with E-state index in [1.165, 1.54) is 22.7 Å². The zero-order valence-corrected chi connectivity index (χ0v) is 15.6. The molecule has 0 radical (unpaired) electrons. The van der Waals surface area contributed by atoms with Gasteiger partial charge < -0.3 is 9.47 Å². The van der Waals surface area contributed by atoms with Crippen molar-refractivity contribution in [3.05, 3.63) is 44.4 Å². The number of hydrogen-bond donors (Lipinski definition) is 1. The number of rotatable bonds is 3. The molecule has 0 saturated carbocycles. The number of aromatic nitrogens is 1. The number of halogens is 2. The lowest BCUT2D eigenvalue weighted by Crippen LogP contribution is -2.40. The van der Waals surface area contributed by atoms with Crippen LogP contribution in [0, 0.1) is 0 Å². The minimum absolute atomic E-state index is 0.146. The molecule has 9 heteroatoms. The van der Waals surface area contributed by atoms with Crippen LogP contribution >= 0.6 is 45.9 Å². The molecule has 0 aliphatic carbocycles. The first kappa shape index (κ1) is 16.7. The third kappa shape index (κ3) is 3.46. The Balaban J connectivity index is 1.46. The van der Waals surface area contributed by atoms with Crippen molar-refractivity contribution in [2.24, 2.45) is 0 Å². The molecule has 1 aliphatic heterocycles. The fourth-order valence-corrected chi connectivity index (χ4v) is 4.50. The van der Waals surface area contributed by atoms with E-state index in [0.29, 0.717) is 31.0 Å². The fraction of sp³-hybridized carbons (Fsp3) is 0.125. The van der Waals surface area contributed by atoms with Crippen molar-refractivity contribution >= 4 is 56.9 Å². The van der Waals surface area contributed by atoms with E-state index in [1.54, 1.807) is 18.2 Å². The van der Waals surface area contributed by atoms with Crippen LogP contribution in [0.4, 0.5) is 5.13 Å². The molecule has 3 heterocycles. The number of carbonyl (C=O) groups excluding carboxylic acids is 1. The Morgan fingerprint density at radius 2 is 2.08 bits per heavy atom. The maximum absolute atomic E-state index is 12.4. The topological polar surface area (TPSA) is 60.5 Å². The summed E-state index contributed by atoms with van der Waals surface area (Å²) in [5.74, 6) is 0.866. The third-order valence-corrected chi connectivity index (χ3v) is 5.71. The number of fused-ring (bicyclic) bond motifs is 1. The Bertz CT molecular complexity index is 941. The molecule has 4 rings (SSSR count). The number of thiophene rings is 1. The molecule has 25 heavy (non-hydrogen) atoms. The van der Waals surface area contributed by atoms with E-state index >= 15 is 0 Å². The van der Waals surface area contributed by atoms with Gasteiger partial charge in [0.2, 0.25) is 6.10 Å². The SMILES string of the molecule is O=C(Nc1nc(-c2cc(Cl)sc2Cl)cs1)C1COc2ccccc2O1. The van der Waals surface area contributed by atoms with Crippen LogP contribution in [0.5, 0.6) is 11.5 Å². The molecule has 1 amide bonds. The molecule has 0 saturated heterocycles. The molecule has 128 valence electrons. The Morgan fingerprint density at radius 1 is 1.28 bits per heavy atom. The lowest BCUT2D eigenvalue weighted by molar-refractivity contribution is -0.125. The molecule has 1 aromatic carbocycles. The standard InChI is InChI=1S/C16H10Cl2N2O3S2/c17-13-5-8(14(18)25-13)9-7-24-16(19-9)20-15(21)12-6-22-10-3-1-2-4-11(10)23-12/h1-5,7,12H,6H2,(H,19,20,21). The summed E-state index contributed by atoms with van der Waals surface area (Å²) >= 11 is 14.7. The van der Waals surface area contributed by atoms with Crippen LogP contribution < -0.4 is 14.8 Å². The van der Waals surface area contributed by atoms with Crippen LogP contribution in [0.3, 0.4) is 0 Å². The molecule has 2 aromatic heterocycles. The van der Waals surface area contributed by atoms with Gasteiger partial charge in [0.25, 0.3) is 5.91 Å². The first-order chi connectivity index (χ1) is 12.1. The zero-order valence-electron chi connectivity index (χ0n) is 12.5. The summed E-state index contributed by atoms with van der Waals surface area (Å²) in [6.07, 6.45) is -0.735. The zero-order chi connectivity index (χ0) is 17.4. The molecule has 1 aliphatic rings. The number of amides is 1. The number of para-hydroxylation sites is 2. The second kappa shape index (κ2) is 6.84. The predicted molar refractivity (Wildman–Crippen MR) is 100 cm³/mol. The second-order valence-corrected chi connectivity index (χ2v) is 8.27. The Morgan fingerprint density at radius 3 is 2.84 bits per heavy atom. The predicted octanol–water partition coefficient (Wildman–Crippen LogP) is 4.96. The van der Waals surface area contributed by atoms with Gasteiger partial charge in [0.05, 0.1) is 10.0 Å². The van der Waals surface area contributed by atoms with E-state index in [1.807, 2.05) is 17.5 Å². The van der Waals surface area contributed by atoms with Crippen LogP contribution in [-0.4, -0.2) is 23.6 Å². The van der Waals surface area contributed by atoms with E-state index in [2.05, 4.69) is 10.3 Å². The monoisotopic (exact) mass is 412 g/mol. The van der Waals surface area contributed by atoms with Crippen LogP contribution in [0.25, 0.3) is 11.3 Å². The first-order valence-electron chi connectivity index (χ1n) is 7.20. The van der Waals surface area contributed by atoms with Crippen LogP contribution in [0.1, 0.15) is 0 Å². The van der Waals surface area contributed by atoms with Crippen molar-refractivity contribution in [2.45, 2.75) is 6.10 Å². The number of benzene rings is 1. The summed E-state index contributed by atoms with van der Waals surface area (Å²) in [6, 6.07) is 8.99. The van der Waals surface area contributed by atoms with Gasteiger partial charge in [0.15, 0.2) is 16.6 Å². The lowest BCUT2D eigenvalue weighted by atomic mass is 10.2. The highest BCUT2D eigenvalue weighted by Crippen LogP contribution is 2.39. The van der Waals surface area contributed by atoms with Gasteiger partial charge in [0, 0.05) is 10.9 Å². The number of hydrogen-bond acceptors (Lipinski definition) is 6. The average molecular weight is 413 g/mol. The van der Waals surface area contributed by atoms with E-state index in [-0.39, 0.29) is 12.5 Å². The lowest BCUT2D eigenvalue weighted by Gasteiger charge is -2.25. The molecular weight excluding hydrogens is 403 g/mol. The molecule has 5 nitrogen and oxygen atoms in total. The van der Waals surface area contributed by atoms with E-state index in [0.717, 1.165) is 5.56 Å². The number of nitrogens with zero attached hydrogens (tertiary/aromatic N) is 1. The van der Waals surface area contributed by atoms with Crippen LogP contribution in [-0.2, 0) is 4.79 Å². The van der Waals surface area contributed by atoms with Gasteiger partial charge in [-0.3, -0.25) is 10.1 Å². The smallest absolute Gasteiger partial charge is 0.270 e. The minimum atomic E-state index is -0.735. The van der Waals surface area contributed by atoms with Gasteiger partial charge in [-0.05, 0) is 18.2 Å². The van der Waals surface area contributed by atoms with Gasteiger partial charge in [-0.15, -0.1) is 22.7 Å². The summed E-state index contributed by atoms with van der Waals surface area (Å²) < 4.78 is 12.4. The summed E-state index contributed by atoms with van der Waals surface area (Å²) in [7, 11) is 0. The largest absolute Gasteiger partial charge is 0.485 e. The molecule has 1 unspecified atom stereocenters. The highest BCUT2D eigenvalue weighted by atomic mass is 35.5. The van der Waals surface area contributed by atoms with Gasteiger partial charge in [0.1, 0.15) is 10.9 Å². The van der Waals surface area contributed by atoms with Crippen molar-refractivity contribution in [3.8, 4) is 22.8 Å². The quantitative estimate of drug-likeness (QED) is 0.660. The van der Waals surface area contributed by atoms with Crippen LogP contribution in [0.15, 0.2) is 35.7 Å². The normalized spacial score (nSPS) is 15.8. The van der Waals surface area contributed by atoms with Gasteiger partial charge >= 0.3 is 0 Å². The maximum Gasteiger partial charge on any atom is 0.270 e. The second-order valence-electron chi connectivity index (χ2n) is 5.13. The summed E-state index contributed by atoms with van der Waals surface area (Å²) in [5, 5.41) is 5.02. The number of anilines is 1. The summed E-state index contributed by atoms with van der Waals surface area (Å²) in [6.45, 7) is 0.146. The number of thiazole rings is 1. The van der Waals surface area contributed by atoms with E-state index < -0.39 is 6.10 Å². The Hall–Kier alpha value is -1.80. The van der Waals surface area contributed by atoms with Crippen molar-refractivity contribution in [2.75, 3.05) is 11.9 Å². The van der Waals surface area contributed by atoms with Gasteiger partial charge in [-0.25, -0.2) is 4.98 Å². The van der Waals surface area contributed by atoms with Crippen molar-refractivity contribution in [3.63, 3.8) is 0 Å². The number of nitrogens with one attached hydrogen (secondary N) is 1. The minimum Gasteiger partial charge on any atom is -0.485 e. The highest BCUT2D eigenvalue weighted by molar-refractivity contribution is 7.20. The molecule has 0 bridgehead atoms. The number of ether oxygens (including phenoxy) is 2. The Labute approximate surface area is 161 Å². The molecular formula is C16H10Cl2N2O3S2. The molecule has 1 N–H and O–H groups in total. The number of carbonyl (C=O) groups is 1. The van der Waals surface area contributed by atoms with Gasteiger partial charge in [-0.2, -0.15) is 0 Å².